The molecule has 1 nitrogen and oxygen atoms in total. The maximum atomic E-state index is 13.8. The Balaban J connectivity index is 2.55. The lowest BCUT2D eigenvalue weighted by atomic mass is 10.1. The minimum atomic E-state index is -1.08. The zero-order chi connectivity index (χ0) is 13.1. The Kier molecular flexibility index (Phi) is 4.19. The van der Waals surface area contributed by atoms with Gasteiger partial charge in [0.05, 0.1) is 10.8 Å². The van der Waals surface area contributed by atoms with Gasteiger partial charge in [0.15, 0.2) is 0 Å². The lowest BCUT2D eigenvalue weighted by Gasteiger charge is -2.08. The van der Waals surface area contributed by atoms with Crippen molar-refractivity contribution in [3.05, 3.63) is 48.3 Å². The van der Waals surface area contributed by atoms with Crippen LogP contribution in [-0.4, -0.2) is 16.7 Å². The first-order valence-electron chi connectivity index (χ1n) is 5.40. The van der Waals surface area contributed by atoms with Crippen molar-refractivity contribution in [3.8, 4) is 11.1 Å². The number of thioether (sulfide) groups is 1. The van der Waals surface area contributed by atoms with Crippen LogP contribution in [0.4, 0.5) is 4.39 Å². The van der Waals surface area contributed by atoms with E-state index in [0.717, 1.165) is 16.0 Å². The summed E-state index contributed by atoms with van der Waals surface area (Å²) in [5.74, 6) is -0.239. The molecule has 0 aliphatic heterocycles. The van der Waals surface area contributed by atoms with E-state index in [2.05, 4.69) is 0 Å². The van der Waals surface area contributed by atoms with Gasteiger partial charge in [-0.25, -0.2) is 4.39 Å². The Morgan fingerprint density at radius 1 is 1.17 bits per heavy atom. The topological polar surface area (TPSA) is 17.1 Å². The van der Waals surface area contributed by atoms with Crippen LogP contribution in [-0.2, 0) is 10.8 Å². The smallest absolute Gasteiger partial charge is 0.137 e. The molecule has 94 valence electrons. The summed E-state index contributed by atoms with van der Waals surface area (Å²) in [6.07, 6.45) is 3.47. The van der Waals surface area contributed by atoms with Gasteiger partial charge in [-0.05, 0) is 35.6 Å². The third-order valence-electron chi connectivity index (χ3n) is 2.66. The van der Waals surface area contributed by atoms with E-state index in [0.29, 0.717) is 4.90 Å². The fraction of sp³-hybridized carbons (Fsp3) is 0.143. The van der Waals surface area contributed by atoms with Crippen LogP contribution >= 0.6 is 11.8 Å². The maximum Gasteiger partial charge on any atom is 0.137 e. The van der Waals surface area contributed by atoms with Crippen molar-refractivity contribution in [2.24, 2.45) is 0 Å². The Hall–Kier alpha value is -1.13. The van der Waals surface area contributed by atoms with Crippen molar-refractivity contribution < 1.29 is 8.60 Å². The molecule has 2 aromatic rings. The van der Waals surface area contributed by atoms with Crippen molar-refractivity contribution in [1.29, 1.82) is 0 Å². The molecule has 0 N–H and O–H groups in total. The number of rotatable bonds is 3. The highest BCUT2D eigenvalue weighted by Crippen LogP contribution is 2.29. The molecule has 1 atom stereocenters. The molecule has 0 aromatic heterocycles. The van der Waals surface area contributed by atoms with Gasteiger partial charge in [-0.15, -0.1) is 11.8 Å². The van der Waals surface area contributed by atoms with Crippen molar-refractivity contribution in [3.63, 3.8) is 0 Å². The average molecular weight is 280 g/mol. The van der Waals surface area contributed by atoms with Crippen LogP contribution in [0.2, 0.25) is 0 Å². The van der Waals surface area contributed by atoms with Crippen molar-refractivity contribution in [2.45, 2.75) is 9.79 Å². The van der Waals surface area contributed by atoms with Gasteiger partial charge in [-0.2, -0.15) is 0 Å². The molecule has 0 fully saturated rings. The first kappa shape index (κ1) is 13.3. The molecule has 0 saturated carbocycles. The second-order valence-electron chi connectivity index (χ2n) is 3.80. The molecule has 2 aromatic carbocycles. The quantitative estimate of drug-likeness (QED) is 0.792. The number of benzene rings is 2. The van der Waals surface area contributed by atoms with Gasteiger partial charge in [-0.1, -0.05) is 24.3 Å². The largest absolute Gasteiger partial charge is 0.255 e. The monoisotopic (exact) mass is 280 g/mol. The molecule has 0 radical (unpaired) electrons. The van der Waals surface area contributed by atoms with E-state index < -0.39 is 10.8 Å². The van der Waals surface area contributed by atoms with Crippen molar-refractivity contribution in [2.75, 3.05) is 12.5 Å². The molecule has 0 amide bonds. The number of hydrogen-bond donors (Lipinski definition) is 0. The zero-order valence-corrected chi connectivity index (χ0v) is 11.8. The van der Waals surface area contributed by atoms with Crippen LogP contribution in [0.15, 0.2) is 52.3 Å². The SMILES string of the molecule is CSc1ccc(-c2ccccc2S(C)=O)cc1F. The molecule has 0 saturated heterocycles. The molecular weight excluding hydrogens is 267 g/mol. The Morgan fingerprint density at radius 3 is 2.50 bits per heavy atom. The predicted octanol–water partition coefficient (Wildman–Crippen LogP) is 3.95. The van der Waals surface area contributed by atoms with Crippen LogP contribution in [0.3, 0.4) is 0 Å². The minimum Gasteiger partial charge on any atom is -0.255 e. The minimum absolute atomic E-state index is 0.239. The lowest BCUT2D eigenvalue weighted by molar-refractivity contribution is 0.602. The van der Waals surface area contributed by atoms with Crippen LogP contribution in [0.1, 0.15) is 0 Å². The van der Waals surface area contributed by atoms with E-state index in [1.807, 2.05) is 36.6 Å². The summed E-state index contributed by atoms with van der Waals surface area (Å²) in [4.78, 5) is 1.35. The van der Waals surface area contributed by atoms with Crippen LogP contribution in [0.25, 0.3) is 11.1 Å². The second-order valence-corrected chi connectivity index (χ2v) is 6.00. The van der Waals surface area contributed by atoms with Gasteiger partial charge < -0.3 is 0 Å². The average Bonchev–Trinajstić information content (AvgIpc) is 2.38. The Morgan fingerprint density at radius 2 is 1.89 bits per heavy atom. The van der Waals surface area contributed by atoms with E-state index >= 15 is 0 Å². The van der Waals surface area contributed by atoms with Gasteiger partial charge >= 0.3 is 0 Å². The summed E-state index contributed by atoms with van der Waals surface area (Å²) in [5, 5.41) is 0. The highest BCUT2D eigenvalue weighted by Gasteiger charge is 2.09. The molecule has 0 spiro atoms. The first-order valence-corrected chi connectivity index (χ1v) is 8.18. The van der Waals surface area contributed by atoms with Gasteiger partial charge in [0.25, 0.3) is 0 Å². The molecular formula is C14H13FOS2. The molecule has 1 unspecified atom stereocenters. The third kappa shape index (κ3) is 2.65. The summed E-state index contributed by atoms with van der Waals surface area (Å²) >= 11 is 1.37. The lowest BCUT2D eigenvalue weighted by Crippen LogP contribution is -1.92. The summed E-state index contributed by atoms with van der Waals surface area (Å²) in [5.41, 5.74) is 1.58. The van der Waals surface area contributed by atoms with Gasteiger partial charge in [0.1, 0.15) is 5.82 Å². The standard InChI is InChI=1S/C14H13FOS2/c1-17-13-8-7-10(9-12(13)15)11-5-3-4-6-14(11)18(2)16/h3-9H,1-2H3. The van der Waals surface area contributed by atoms with Gasteiger partial charge in [0.2, 0.25) is 0 Å². The van der Waals surface area contributed by atoms with Gasteiger partial charge in [0, 0.05) is 16.0 Å². The summed E-state index contributed by atoms with van der Waals surface area (Å²) < 4.78 is 25.4. The van der Waals surface area contributed by atoms with Crippen molar-refractivity contribution in [1.82, 2.24) is 0 Å². The zero-order valence-electron chi connectivity index (χ0n) is 10.1. The highest BCUT2D eigenvalue weighted by molar-refractivity contribution is 7.98. The Bertz CT molecular complexity index is 596. The van der Waals surface area contributed by atoms with Gasteiger partial charge in [-0.3, -0.25) is 4.21 Å². The third-order valence-corrected chi connectivity index (χ3v) is 4.41. The molecule has 0 aliphatic rings. The molecule has 0 aliphatic carbocycles. The summed E-state index contributed by atoms with van der Waals surface area (Å²) in [7, 11) is -1.08. The first-order chi connectivity index (χ1) is 8.63. The van der Waals surface area contributed by atoms with E-state index in [1.165, 1.54) is 17.8 Å². The summed E-state index contributed by atoms with van der Waals surface area (Å²) in [6.45, 7) is 0. The second kappa shape index (κ2) is 5.67. The van der Waals surface area contributed by atoms with Crippen LogP contribution in [0, 0.1) is 5.82 Å². The normalized spacial score (nSPS) is 12.4. The molecule has 4 heteroatoms. The number of halogens is 1. The van der Waals surface area contributed by atoms with Crippen LogP contribution in [0.5, 0.6) is 0 Å². The van der Waals surface area contributed by atoms with E-state index in [9.17, 15) is 8.60 Å². The van der Waals surface area contributed by atoms with E-state index in [4.69, 9.17) is 0 Å². The fourth-order valence-electron chi connectivity index (χ4n) is 1.79. The molecule has 0 bridgehead atoms. The molecule has 18 heavy (non-hydrogen) atoms. The van der Waals surface area contributed by atoms with Crippen molar-refractivity contribution >= 4 is 22.6 Å². The molecule has 0 heterocycles. The van der Waals surface area contributed by atoms with Crippen LogP contribution < -0.4 is 0 Å². The summed E-state index contributed by atoms with van der Waals surface area (Å²) in [6, 6.07) is 12.5. The molecule has 2 rings (SSSR count). The number of hydrogen-bond acceptors (Lipinski definition) is 2. The fourth-order valence-corrected chi connectivity index (χ4v) is 3.01. The predicted molar refractivity (Wildman–Crippen MR) is 75.9 cm³/mol. The van der Waals surface area contributed by atoms with E-state index in [1.54, 1.807) is 12.3 Å². The highest BCUT2D eigenvalue weighted by atomic mass is 32.2. The Labute approximate surface area is 113 Å². The van der Waals surface area contributed by atoms with E-state index in [-0.39, 0.29) is 5.82 Å². The maximum absolute atomic E-state index is 13.8.